The normalized spacial score (nSPS) is 12.9. The minimum Gasteiger partial charge on any atom is -0.493 e. The van der Waals surface area contributed by atoms with Gasteiger partial charge in [0.2, 0.25) is 11.4 Å². The number of hydrogen-bond donors (Lipinski definition) is 0. The molecule has 0 bridgehead atoms. The van der Waals surface area contributed by atoms with Crippen LogP contribution < -0.4 is 0 Å². The van der Waals surface area contributed by atoms with Gasteiger partial charge in [-0.2, -0.15) is 0 Å². The molecule has 0 amide bonds. The van der Waals surface area contributed by atoms with Crippen LogP contribution in [0.1, 0.15) is 215 Å². The average Bonchev–Trinajstić information content (AvgIpc) is 3.51. The van der Waals surface area contributed by atoms with Crippen LogP contribution in [0.25, 0.3) is 16.9 Å². The highest BCUT2D eigenvalue weighted by molar-refractivity contribution is 5.75. The van der Waals surface area contributed by atoms with Crippen molar-refractivity contribution in [1.82, 2.24) is 0 Å². The minimum atomic E-state index is 0.924. The van der Waals surface area contributed by atoms with Crippen molar-refractivity contribution in [1.29, 1.82) is 0 Å². The third-order valence-electron chi connectivity index (χ3n) is 10.8. The van der Waals surface area contributed by atoms with E-state index in [1.807, 2.05) is 0 Å². The molecule has 1 aliphatic heterocycles. The van der Waals surface area contributed by atoms with Gasteiger partial charge < -0.3 is 5.53 Å². The molecule has 2 nitrogen and oxygen atoms in total. The summed E-state index contributed by atoms with van der Waals surface area (Å²) < 4.78 is 1.50. The van der Waals surface area contributed by atoms with Crippen molar-refractivity contribution in [2.75, 3.05) is 0 Å². The van der Waals surface area contributed by atoms with Crippen molar-refractivity contribution in [3.8, 4) is 0 Å². The second-order valence-electron chi connectivity index (χ2n) is 15.6. The lowest BCUT2D eigenvalue weighted by Crippen LogP contribution is -2.04. The predicted molar refractivity (Wildman–Crippen MR) is 221 cm³/mol. The van der Waals surface area contributed by atoms with Crippen LogP contribution in [-0.4, -0.2) is 4.70 Å². The summed E-state index contributed by atoms with van der Waals surface area (Å²) in [6.45, 7) is 9.17. The topological polar surface area (TPSA) is 25.3 Å². The van der Waals surface area contributed by atoms with Gasteiger partial charge in [-0.1, -0.05) is 168 Å². The molecular formula is C48H76N2. The quantitative estimate of drug-likeness (QED) is 0.0580. The van der Waals surface area contributed by atoms with E-state index in [9.17, 15) is 5.53 Å². The van der Waals surface area contributed by atoms with E-state index in [0.717, 1.165) is 37.1 Å². The van der Waals surface area contributed by atoms with Crippen LogP contribution in [0.3, 0.4) is 0 Å². The molecule has 0 aromatic heterocycles. The maximum atomic E-state index is 11.8. The summed E-state index contributed by atoms with van der Waals surface area (Å²) in [5.74, 6) is 0. The zero-order valence-corrected chi connectivity index (χ0v) is 33.3. The molecule has 2 aromatic carbocycles. The van der Waals surface area contributed by atoms with Crippen LogP contribution >= 0.6 is 0 Å². The number of unbranched alkanes of at least 4 members (excludes halogenated alkanes) is 20. The molecule has 2 heteroatoms. The fraction of sp³-hybridized carbons (Fsp3) is 0.667. The second-order valence-corrected chi connectivity index (χ2v) is 15.6. The van der Waals surface area contributed by atoms with E-state index >= 15 is 0 Å². The summed E-state index contributed by atoms with van der Waals surface area (Å²) in [6, 6.07) is 14.4. The summed E-state index contributed by atoms with van der Waals surface area (Å²) in [7, 11) is 0. The van der Waals surface area contributed by atoms with E-state index in [1.165, 1.54) is 192 Å². The number of aryl methyl sites for hydroxylation is 4. The maximum absolute atomic E-state index is 11.8. The van der Waals surface area contributed by atoms with Crippen molar-refractivity contribution in [2.45, 2.75) is 207 Å². The Labute approximate surface area is 310 Å². The minimum absolute atomic E-state index is 0.924. The van der Waals surface area contributed by atoms with Gasteiger partial charge in [0.05, 0.1) is 0 Å². The molecule has 50 heavy (non-hydrogen) atoms. The SMILES string of the molecule is CCCCCCCCc1cc(CCCCCCCC)cc(C2=CC=C(c3cc(CCCCCCCC)cc(CCCCCCCC)c3)[N+]2=[N-])c1. The Morgan fingerprint density at radius 2 is 0.580 bits per heavy atom. The summed E-state index contributed by atoms with van der Waals surface area (Å²) in [4.78, 5) is 0. The third-order valence-corrected chi connectivity index (χ3v) is 10.8. The third kappa shape index (κ3) is 16.2. The van der Waals surface area contributed by atoms with Crippen molar-refractivity contribution in [2.24, 2.45) is 0 Å². The number of benzene rings is 2. The molecule has 0 spiro atoms. The Hall–Kier alpha value is -2.48. The average molecular weight is 681 g/mol. The number of allylic oxidation sites excluding steroid dienone is 2. The van der Waals surface area contributed by atoms with Crippen LogP contribution in [0.5, 0.6) is 0 Å². The van der Waals surface area contributed by atoms with Gasteiger partial charge >= 0.3 is 0 Å². The molecule has 3 rings (SSSR count). The lowest BCUT2D eigenvalue weighted by molar-refractivity contribution is -0.344. The molecule has 0 fully saturated rings. The molecule has 0 saturated heterocycles. The molecule has 278 valence electrons. The Morgan fingerprint density at radius 1 is 0.340 bits per heavy atom. The Kier molecular flexibility index (Phi) is 22.1. The fourth-order valence-corrected chi connectivity index (χ4v) is 7.70. The van der Waals surface area contributed by atoms with Crippen LogP contribution in [0.2, 0.25) is 0 Å². The summed E-state index contributed by atoms with van der Waals surface area (Å²) in [5, 5.41) is 0. The van der Waals surface area contributed by atoms with E-state index in [2.05, 4.69) is 76.2 Å². The molecule has 0 atom stereocenters. The molecule has 0 aliphatic carbocycles. The molecule has 1 heterocycles. The fourth-order valence-electron chi connectivity index (χ4n) is 7.70. The largest absolute Gasteiger partial charge is 0.493 e. The van der Waals surface area contributed by atoms with Gasteiger partial charge in [-0.15, -0.1) is 0 Å². The highest BCUT2D eigenvalue weighted by Crippen LogP contribution is 2.33. The summed E-state index contributed by atoms with van der Waals surface area (Å²) in [6.07, 6.45) is 40.6. The summed E-state index contributed by atoms with van der Waals surface area (Å²) in [5.41, 5.74) is 21.7. The van der Waals surface area contributed by atoms with Crippen molar-refractivity contribution >= 4 is 11.4 Å². The van der Waals surface area contributed by atoms with Gasteiger partial charge in [0.25, 0.3) is 0 Å². The zero-order chi connectivity index (χ0) is 35.7. The van der Waals surface area contributed by atoms with E-state index in [1.54, 1.807) is 0 Å². The summed E-state index contributed by atoms with van der Waals surface area (Å²) >= 11 is 0. The standard InChI is InChI=1S/C48H76N2/c1-5-9-13-17-21-25-29-41-35-42(30-26-22-18-14-10-6-2)38-45(37-41)47-33-34-48(50(47)49)46-39-43(31-27-23-19-15-11-7-3)36-44(40-46)32-28-24-20-16-12-8-4/h33-40H,5-32H2,1-4H3. The molecule has 2 aromatic rings. The predicted octanol–water partition coefficient (Wildman–Crippen LogP) is 15.7. The number of nitrogens with zero attached hydrogens (tertiary/aromatic N) is 2. The van der Waals surface area contributed by atoms with Gasteiger partial charge in [0.15, 0.2) is 0 Å². The first-order chi connectivity index (χ1) is 24.6. The maximum Gasteiger partial charge on any atom is 0.207 e. The van der Waals surface area contributed by atoms with Crippen LogP contribution in [-0.2, 0) is 25.7 Å². The van der Waals surface area contributed by atoms with Crippen LogP contribution in [0.4, 0.5) is 0 Å². The Balaban J connectivity index is 1.74. The van der Waals surface area contributed by atoms with Crippen LogP contribution in [0.15, 0.2) is 48.6 Å². The second kappa shape index (κ2) is 26.3. The van der Waals surface area contributed by atoms with Crippen molar-refractivity contribution < 1.29 is 4.70 Å². The first-order valence-corrected chi connectivity index (χ1v) is 21.8. The monoisotopic (exact) mass is 681 g/mol. The molecule has 0 N–H and O–H groups in total. The van der Waals surface area contributed by atoms with E-state index in [4.69, 9.17) is 0 Å². The Bertz CT molecular complexity index is 1120. The lowest BCUT2D eigenvalue weighted by atomic mass is 9.95. The molecule has 0 saturated carbocycles. The molecular weight excluding hydrogens is 605 g/mol. The van der Waals surface area contributed by atoms with E-state index in [-0.39, 0.29) is 0 Å². The lowest BCUT2D eigenvalue weighted by Gasteiger charge is -2.14. The first kappa shape index (κ1) is 41.9. The molecule has 1 aliphatic rings. The molecule has 0 radical (unpaired) electrons. The number of rotatable bonds is 30. The van der Waals surface area contributed by atoms with Crippen LogP contribution in [0, 0.1) is 0 Å². The zero-order valence-electron chi connectivity index (χ0n) is 33.3. The van der Waals surface area contributed by atoms with Crippen molar-refractivity contribution in [3.63, 3.8) is 0 Å². The van der Waals surface area contributed by atoms with Gasteiger partial charge in [-0.05, 0) is 97.9 Å². The highest BCUT2D eigenvalue weighted by atomic mass is 15.2. The van der Waals surface area contributed by atoms with Gasteiger partial charge in [-0.25, -0.2) is 4.70 Å². The smallest absolute Gasteiger partial charge is 0.207 e. The van der Waals surface area contributed by atoms with E-state index < -0.39 is 0 Å². The molecule has 0 unspecified atom stereocenters. The Morgan fingerprint density at radius 3 is 0.840 bits per heavy atom. The first-order valence-electron chi connectivity index (χ1n) is 21.8. The highest BCUT2D eigenvalue weighted by Gasteiger charge is 2.24. The van der Waals surface area contributed by atoms with Gasteiger partial charge in [0, 0.05) is 23.3 Å². The van der Waals surface area contributed by atoms with Gasteiger partial charge in [-0.3, -0.25) is 0 Å². The van der Waals surface area contributed by atoms with E-state index in [0.29, 0.717) is 0 Å². The van der Waals surface area contributed by atoms with Crippen molar-refractivity contribution in [3.05, 3.63) is 87.5 Å². The van der Waals surface area contributed by atoms with Gasteiger partial charge in [0.1, 0.15) is 0 Å². The number of hydrogen-bond acceptors (Lipinski definition) is 0.